The summed E-state index contributed by atoms with van der Waals surface area (Å²) in [5, 5.41) is 11.0. The number of thiophene rings is 1. The lowest BCUT2D eigenvalue weighted by Crippen LogP contribution is -2.21. The highest BCUT2D eigenvalue weighted by molar-refractivity contribution is 7.09. The Hall–Kier alpha value is -1.65. The number of benzene rings is 1. The minimum absolute atomic E-state index is 0.0922. The van der Waals surface area contributed by atoms with Gasteiger partial charge in [0, 0.05) is 18.0 Å². The van der Waals surface area contributed by atoms with E-state index < -0.39 is 5.97 Å². The maximum atomic E-state index is 10.9. The van der Waals surface area contributed by atoms with Crippen molar-refractivity contribution in [2.45, 2.75) is 19.4 Å². The standard InChI is InChI=1S/C16H19NO2S/c1-17(9-8-15-7-4-10-20-15)12-14-6-3-2-5-13(14)11-16(18)19/h2-7,10H,8-9,11-12H2,1H3,(H,18,19). The molecule has 0 aliphatic carbocycles. The molecular weight excluding hydrogens is 270 g/mol. The van der Waals surface area contributed by atoms with Gasteiger partial charge in [-0.15, -0.1) is 11.3 Å². The number of carboxylic acids is 1. The van der Waals surface area contributed by atoms with Gasteiger partial charge in [-0.3, -0.25) is 4.79 Å². The molecule has 106 valence electrons. The van der Waals surface area contributed by atoms with E-state index in [9.17, 15) is 4.79 Å². The van der Waals surface area contributed by atoms with E-state index >= 15 is 0 Å². The van der Waals surface area contributed by atoms with E-state index in [0.717, 1.165) is 30.6 Å². The summed E-state index contributed by atoms with van der Waals surface area (Å²) in [6, 6.07) is 12.0. The molecule has 2 aromatic rings. The molecule has 1 aromatic carbocycles. The molecule has 0 saturated heterocycles. The van der Waals surface area contributed by atoms with E-state index in [1.165, 1.54) is 4.88 Å². The quantitative estimate of drug-likeness (QED) is 0.851. The molecule has 0 saturated carbocycles. The Balaban J connectivity index is 1.93. The van der Waals surface area contributed by atoms with Crippen molar-refractivity contribution in [3.05, 3.63) is 57.8 Å². The van der Waals surface area contributed by atoms with Crippen molar-refractivity contribution >= 4 is 17.3 Å². The molecule has 0 unspecified atom stereocenters. The highest BCUT2D eigenvalue weighted by atomic mass is 32.1. The van der Waals surface area contributed by atoms with E-state index in [1.54, 1.807) is 11.3 Å². The highest BCUT2D eigenvalue weighted by Crippen LogP contribution is 2.14. The molecule has 1 heterocycles. The lowest BCUT2D eigenvalue weighted by Gasteiger charge is -2.18. The molecule has 0 aliphatic rings. The number of carboxylic acid groups (broad SMARTS) is 1. The monoisotopic (exact) mass is 289 g/mol. The second-order valence-corrected chi connectivity index (χ2v) is 5.94. The molecule has 1 aromatic heterocycles. The van der Waals surface area contributed by atoms with Gasteiger partial charge in [-0.2, -0.15) is 0 Å². The molecular formula is C16H19NO2S. The lowest BCUT2D eigenvalue weighted by molar-refractivity contribution is -0.136. The van der Waals surface area contributed by atoms with Crippen molar-refractivity contribution in [2.75, 3.05) is 13.6 Å². The highest BCUT2D eigenvalue weighted by Gasteiger charge is 2.08. The summed E-state index contributed by atoms with van der Waals surface area (Å²) in [6.07, 6.45) is 1.13. The minimum Gasteiger partial charge on any atom is -0.481 e. The number of hydrogen-bond acceptors (Lipinski definition) is 3. The molecule has 2 rings (SSSR count). The first-order chi connectivity index (χ1) is 9.65. The summed E-state index contributed by atoms with van der Waals surface area (Å²) in [4.78, 5) is 14.5. The van der Waals surface area contributed by atoms with Gasteiger partial charge >= 0.3 is 5.97 Å². The van der Waals surface area contributed by atoms with Crippen LogP contribution in [0.2, 0.25) is 0 Å². The molecule has 0 amide bonds. The van der Waals surface area contributed by atoms with Gasteiger partial charge in [-0.25, -0.2) is 0 Å². The average molecular weight is 289 g/mol. The number of carbonyl (C=O) groups is 1. The minimum atomic E-state index is -0.779. The third kappa shape index (κ3) is 4.47. The summed E-state index contributed by atoms with van der Waals surface area (Å²) in [7, 11) is 2.07. The molecule has 0 atom stereocenters. The first-order valence-electron chi connectivity index (χ1n) is 6.64. The molecule has 0 fully saturated rings. The van der Waals surface area contributed by atoms with Crippen LogP contribution in [-0.4, -0.2) is 29.6 Å². The van der Waals surface area contributed by atoms with Crippen LogP contribution in [0.25, 0.3) is 0 Å². The fraction of sp³-hybridized carbons (Fsp3) is 0.312. The second kappa shape index (κ2) is 7.22. The van der Waals surface area contributed by atoms with E-state index in [4.69, 9.17) is 5.11 Å². The molecule has 0 spiro atoms. The van der Waals surface area contributed by atoms with Crippen LogP contribution in [0, 0.1) is 0 Å². The molecule has 4 heteroatoms. The zero-order valence-electron chi connectivity index (χ0n) is 11.6. The van der Waals surface area contributed by atoms with Crippen molar-refractivity contribution < 1.29 is 9.90 Å². The summed E-state index contributed by atoms with van der Waals surface area (Å²) in [5.41, 5.74) is 2.01. The van der Waals surface area contributed by atoms with Crippen molar-refractivity contribution in [3.63, 3.8) is 0 Å². The van der Waals surface area contributed by atoms with Crippen LogP contribution in [0.15, 0.2) is 41.8 Å². The average Bonchev–Trinajstić information content (AvgIpc) is 2.91. The van der Waals surface area contributed by atoms with E-state index in [1.807, 2.05) is 24.3 Å². The van der Waals surface area contributed by atoms with Gasteiger partial charge in [0.05, 0.1) is 6.42 Å². The predicted octanol–water partition coefficient (Wildman–Crippen LogP) is 3.05. The number of aliphatic carboxylic acids is 1. The Bertz CT molecular complexity index is 551. The van der Waals surface area contributed by atoms with Gasteiger partial charge in [0.2, 0.25) is 0 Å². The van der Waals surface area contributed by atoms with E-state index in [-0.39, 0.29) is 6.42 Å². The Labute approximate surface area is 123 Å². The number of likely N-dealkylation sites (N-methyl/N-ethyl adjacent to an activating group) is 1. The van der Waals surface area contributed by atoms with Crippen molar-refractivity contribution in [2.24, 2.45) is 0 Å². The molecule has 20 heavy (non-hydrogen) atoms. The Morgan fingerprint density at radius 2 is 1.95 bits per heavy atom. The second-order valence-electron chi connectivity index (χ2n) is 4.91. The summed E-state index contributed by atoms with van der Waals surface area (Å²) in [6.45, 7) is 1.76. The van der Waals surface area contributed by atoms with Crippen LogP contribution in [-0.2, 0) is 24.2 Å². The Morgan fingerprint density at radius 1 is 1.20 bits per heavy atom. The molecule has 0 radical (unpaired) electrons. The lowest BCUT2D eigenvalue weighted by atomic mass is 10.0. The molecule has 1 N–H and O–H groups in total. The molecule has 0 aliphatic heterocycles. The van der Waals surface area contributed by atoms with Crippen molar-refractivity contribution in [1.82, 2.24) is 4.90 Å². The van der Waals surface area contributed by atoms with Crippen molar-refractivity contribution in [1.29, 1.82) is 0 Å². The molecule has 0 bridgehead atoms. The predicted molar refractivity (Wildman–Crippen MR) is 82.1 cm³/mol. The maximum Gasteiger partial charge on any atom is 0.307 e. The van der Waals surface area contributed by atoms with Crippen LogP contribution in [0.3, 0.4) is 0 Å². The number of rotatable bonds is 7. The fourth-order valence-corrected chi connectivity index (χ4v) is 2.87. The maximum absolute atomic E-state index is 10.9. The van der Waals surface area contributed by atoms with Crippen LogP contribution in [0.4, 0.5) is 0 Å². The Morgan fingerprint density at radius 3 is 2.60 bits per heavy atom. The van der Waals surface area contributed by atoms with Crippen LogP contribution < -0.4 is 0 Å². The third-order valence-electron chi connectivity index (χ3n) is 3.22. The van der Waals surface area contributed by atoms with E-state index in [0.29, 0.717) is 0 Å². The van der Waals surface area contributed by atoms with Crippen LogP contribution in [0.1, 0.15) is 16.0 Å². The van der Waals surface area contributed by atoms with Crippen LogP contribution >= 0.6 is 11.3 Å². The van der Waals surface area contributed by atoms with Gasteiger partial charge in [0.1, 0.15) is 0 Å². The summed E-state index contributed by atoms with van der Waals surface area (Å²) >= 11 is 1.78. The van der Waals surface area contributed by atoms with Crippen LogP contribution in [0.5, 0.6) is 0 Å². The van der Waals surface area contributed by atoms with Gasteiger partial charge in [0.15, 0.2) is 0 Å². The van der Waals surface area contributed by atoms with Gasteiger partial charge in [0.25, 0.3) is 0 Å². The number of nitrogens with zero attached hydrogens (tertiary/aromatic N) is 1. The number of hydrogen-bond donors (Lipinski definition) is 1. The summed E-state index contributed by atoms with van der Waals surface area (Å²) < 4.78 is 0. The van der Waals surface area contributed by atoms with Gasteiger partial charge < -0.3 is 10.0 Å². The largest absolute Gasteiger partial charge is 0.481 e. The molecule has 3 nitrogen and oxygen atoms in total. The zero-order chi connectivity index (χ0) is 14.4. The summed E-state index contributed by atoms with van der Waals surface area (Å²) in [5.74, 6) is -0.779. The van der Waals surface area contributed by atoms with Crippen molar-refractivity contribution in [3.8, 4) is 0 Å². The SMILES string of the molecule is CN(CCc1cccs1)Cc1ccccc1CC(=O)O. The van der Waals surface area contributed by atoms with E-state index in [2.05, 4.69) is 29.5 Å². The first kappa shape index (κ1) is 14.8. The Kier molecular flexibility index (Phi) is 5.32. The normalized spacial score (nSPS) is 10.9. The van der Waals surface area contributed by atoms with Gasteiger partial charge in [-0.1, -0.05) is 30.3 Å². The third-order valence-corrected chi connectivity index (χ3v) is 4.16. The topological polar surface area (TPSA) is 40.5 Å². The zero-order valence-corrected chi connectivity index (χ0v) is 12.4. The fourth-order valence-electron chi connectivity index (χ4n) is 2.17. The first-order valence-corrected chi connectivity index (χ1v) is 7.52. The van der Waals surface area contributed by atoms with Gasteiger partial charge in [-0.05, 0) is 36.0 Å². The smallest absolute Gasteiger partial charge is 0.307 e.